The molecule has 1 aliphatic carbocycles. The number of carbonyl (C=O) groups is 1. The highest BCUT2D eigenvalue weighted by atomic mass is 16.5. The number of hydrogen-bond acceptors (Lipinski definition) is 4. The van der Waals surface area contributed by atoms with Gasteiger partial charge in [0.05, 0.1) is 17.7 Å². The third-order valence-corrected chi connectivity index (χ3v) is 5.51. The minimum Gasteiger partial charge on any atom is -0.381 e. The maximum absolute atomic E-state index is 13.1. The molecular weight excluding hydrogens is 294 g/mol. The summed E-state index contributed by atoms with van der Waals surface area (Å²) < 4.78 is 13.3. The molecule has 2 aliphatic rings. The molecule has 2 fully saturated rings. The van der Waals surface area contributed by atoms with Crippen LogP contribution < -0.4 is 0 Å². The molecule has 0 radical (unpaired) electrons. The Morgan fingerprint density at radius 2 is 2.17 bits per heavy atom. The maximum Gasteiger partial charge on any atom is 0.272 e. The van der Waals surface area contributed by atoms with Gasteiger partial charge in [-0.05, 0) is 45.6 Å². The first-order valence-electron chi connectivity index (χ1n) is 8.45. The smallest absolute Gasteiger partial charge is 0.272 e. The minimum atomic E-state index is -0.215. The van der Waals surface area contributed by atoms with Crippen LogP contribution in [0.1, 0.15) is 56.1 Å². The fourth-order valence-electron chi connectivity index (χ4n) is 4.16. The van der Waals surface area contributed by atoms with Crippen LogP contribution in [0.5, 0.6) is 0 Å². The van der Waals surface area contributed by atoms with Gasteiger partial charge in [-0.15, -0.1) is 0 Å². The molecule has 3 rings (SSSR count). The van der Waals surface area contributed by atoms with Crippen molar-refractivity contribution in [3.05, 3.63) is 18.0 Å². The van der Waals surface area contributed by atoms with Crippen LogP contribution >= 0.6 is 0 Å². The van der Waals surface area contributed by atoms with Gasteiger partial charge in [-0.25, -0.2) is 0 Å². The number of likely N-dealkylation sites (tertiary alicyclic amines) is 1. The van der Waals surface area contributed by atoms with Gasteiger partial charge in [-0.3, -0.25) is 9.48 Å². The highest BCUT2D eigenvalue weighted by Gasteiger charge is 2.53. The molecule has 1 aromatic rings. The van der Waals surface area contributed by atoms with Crippen molar-refractivity contribution in [3.8, 4) is 0 Å². The Bertz CT molecular complexity index is 571. The molecule has 1 amide bonds. The van der Waals surface area contributed by atoms with E-state index in [-0.39, 0.29) is 29.7 Å². The first-order chi connectivity index (χ1) is 11.0. The van der Waals surface area contributed by atoms with Crippen LogP contribution in [0.3, 0.4) is 0 Å². The summed E-state index contributed by atoms with van der Waals surface area (Å²) in [5.74, 6) is 0.0527. The van der Waals surface area contributed by atoms with Crippen molar-refractivity contribution in [2.24, 2.45) is 0 Å². The van der Waals surface area contributed by atoms with E-state index >= 15 is 0 Å². The first-order valence-corrected chi connectivity index (χ1v) is 8.45. The maximum atomic E-state index is 13.1. The average Bonchev–Trinajstić information content (AvgIpc) is 3.18. The fourth-order valence-corrected chi connectivity index (χ4v) is 4.16. The summed E-state index contributed by atoms with van der Waals surface area (Å²) in [5, 5.41) is 4.29. The standard InChI is InChI=1S/C17H27N3O3/c1-12(2)20-14(6-9-18-20)16(21)19-10-8-17(23-4)7-5-13(22-3)11-15(17)19/h6,9,12-13,15H,5,7-8,10-11H2,1-4H3/t13-,15+,17-/m1/s1. The third-order valence-electron chi connectivity index (χ3n) is 5.51. The summed E-state index contributed by atoms with van der Waals surface area (Å²) in [5.41, 5.74) is 0.444. The minimum absolute atomic E-state index is 0.0527. The van der Waals surface area contributed by atoms with E-state index in [0.717, 1.165) is 32.2 Å². The van der Waals surface area contributed by atoms with Crippen LogP contribution in [0.25, 0.3) is 0 Å². The lowest BCUT2D eigenvalue weighted by Crippen LogP contribution is -2.53. The topological polar surface area (TPSA) is 56.6 Å². The van der Waals surface area contributed by atoms with Gasteiger partial charge in [-0.1, -0.05) is 0 Å². The molecule has 2 heterocycles. The Labute approximate surface area is 137 Å². The van der Waals surface area contributed by atoms with Crippen molar-refractivity contribution in [3.63, 3.8) is 0 Å². The number of fused-ring (bicyclic) bond motifs is 1. The Morgan fingerprint density at radius 1 is 1.39 bits per heavy atom. The molecule has 6 heteroatoms. The monoisotopic (exact) mass is 321 g/mol. The van der Waals surface area contributed by atoms with Crippen molar-refractivity contribution in [2.75, 3.05) is 20.8 Å². The average molecular weight is 321 g/mol. The van der Waals surface area contributed by atoms with E-state index in [9.17, 15) is 4.79 Å². The second-order valence-corrected chi connectivity index (χ2v) is 6.92. The van der Waals surface area contributed by atoms with Crippen molar-refractivity contribution in [2.45, 2.75) is 63.3 Å². The normalized spacial score (nSPS) is 30.7. The van der Waals surface area contributed by atoms with E-state index in [4.69, 9.17) is 9.47 Å². The SMILES string of the molecule is CO[C@@H]1CC[C@@]2(OC)CCN(C(=O)c3ccnn3C(C)C)[C@H]2C1. The van der Waals surface area contributed by atoms with Gasteiger partial charge in [0.15, 0.2) is 0 Å². The van der Waals surface area contributed by atoms with Gasteiger partial charge in [0.1, 0.15) is 5.69 Å². The Balaban J connectivity index is 1.87. The summed E-state index contributed by atoms with van der Waals surface area (Å²) in [7, 11) is 3.52. The largest absolute Gasteiger partial charge is 0.381 e. The molecule has 6 nitrogen and oxygen atoms in total. The molecule has 1 aliphatic heterocycles. The Hall–Kier alpha value is -1.40. The Morgan fingerprint density at radius 3 is 2.83 bits per heavy atom. The zero-order chi connectivity index (χ0) is 16.6. The van der Waals surface area contributed by atoms with Crippen molar-refractivity contribution in [1.29, 1.82) is 0 Å². The number of carbonyl (C=O) groups excluding carboxylic acids is 1. The molecular formula is C17H27N3O3. The van der Waals surface area contributed by atoms with E-state index in [1.54, 1.807) is 25.1 Å². The fraction of sp³-hybridized carbons (Fsp3) is 0.765. The predicted octanol–water partition coefficient (Wildman–Crippen LogP) is 2.26. The van der Waals surface area contributed by atoms with Crippen LogP contribution in [0.2, 0.25) is 0 Å². The zero-order valence-corrected chi connectivity index (χ0v) is 14.5. The van der Waals surface area contributed by atoms with Crippen LogP contribution in [-0.4, -0.2) is 59.1 Å². The zero-order valence-electron chi connectivity index (χ0n) is 14.5. The molecule has 0 N–H and O–H groups in total. The summed E-state index contributed by atoms with van der Waals surface area (Å²) in [6.45, 7) is 4.81. The van der Waals surface area contributed by atoms with E-state index in [0.29, 0.717) is 5.69 Å². The molecule has 0 bridgehead atoms. The van der Waals surface area contributed by atoms with Gasteiger partial charge in [0.2, 0.25) is 0 Å². The molecule has 128 valence electrons. The van der Waals surface area contributed by atoms with Crippen molar-refractivity contribution in [1.82, 2.24) is 14.7 Å². The van der Waals surface area contributed by atoms with Crippen LogP contribution in [0.4, 0.5) is 0 Å². The number of methoxy groups -OCH3 is 2. The van der Waals surface area contributed by atoms with Crippen LogP contribution in [-0.2, 0) is 9.47 Å². The number of ether oxygens (including phenoxy) is 2. The molecule has 1 aromatic heterocycles. The Kier molecular flexibility index (Phi) is 4.47. The third kappa shape index (κ3) is 2.68. The lowest BCUT2D eigenvalue weighted by molar-refractivity contribution is -0.0894. The molecule has 0 unspecified atom stereocenters. The van der Waals surface area contributed by atoms with Crippen molar-refractivity contribution >= 4 is 5.91 Å². The number of aromatic nitrogens is 2. The van der Waals surface area contributed by atoms with Gasteiger partial charge in [-0.2, -0.15) is 5.10 Å². The highest BCUT2D eigenvalue weighted by Crippen LogP contribution is 2.43. The van der Waals surface area contributed by atoms with E-state index in [1.165, 1.54) is 0 Å². The molecule has 23 heavy (non-hydrogen) atoms. The van der Waals surface area contributed by atoms with Gasteiger partial charge in [0.25, 0.3) is 5.91 Å². The van der Waals surface area contributed by atoms with Gasteiger partial charge in [0, 0.05) is 33.0 Å². The highest BCUT2D eigenvalue weighted by molar-refractivity contribution is 5.93. The van der Waals surface area contributed by atoms with E-state index < -0.39 is 0 Å². The van der Waals surface area contributed by atoms with Gasteiger partial charge < -0.3 is 14.4 Å². The summed E-state index contributed by atoms with van der Waals surface area (Å²) in [4.78, 5) is 15.1. The molecule has 1 saturated carbocycles. The van der Waals surface area contributed by atoms with Gasteiger partial charge >= 0.3 is 0 Å². The lowest BCUT2D eigenvalue weighted by atomic mass is 9.79. The number of hydrogen-bond donors (Lipinski definition) is 0. The molecule has 1 saturated heterocycles. The molecule has 3 atom stereocenters. The predicted molar refractivity (Wildman–Crippen MR) is 86.4 cm³/mol. The summed E-state index contributed by atoms with van der Waals surface area (Å²) >= 11 is 0. The first kappa shape index (κ1) is 16.5. The summed E-state index contributed by atoms with van der Waals surface area (Å²) in [6, 6.07) is 2.05. The number of amides is 1. The number of rotatable bonds is 4. The van der Waals surface area contributed by atoms with Crippen LogP contribution in [0, 0.1) is 0 Å². The number of nitrogens with zero attached hydrogens (tertiary/aromatic N) is 3. The second-order valence-electron chi connectivity index (χ2n) is 6.92. The van der Waals surface area contributed by atoms with Crippen molar-refractivity contribution < 1.29 is 14.3 Å². The molecule has 0 spiro atoms. The van der Waals surface area contributed by atoms with E-state index in [2.05, 4.69) is 5.10 Å². The quantitative estimate of drug-likeness (QED) is 0.853. The van der Waals surface area contributed by atoms with E-state index in [1.807, 2.05) is 24.8 Å². The molecule has 0 aromatic carbocycles. The van der Waals surface area contributed by atoms with Crippen LogP contribution in [0.15, 0.2) is 12.3 Å². The summed E-state index contributed by atoms with van der Waals surface area (Å²) in [6.07, 6.45) is 5.57. The second kappa shape index (κ2) is 6.24. The lowest BCUT2D eigenvalue weighted by Gasteiger charge is -2.43.